The van der Waals surface area contributed by atoms with Crippen LogP contribution in [0.15, 0.2) is 17.6 Å². The second-order valence-electron chi connectivity index (χ2n) is 5.07. The van der Waals surface area contributed by atoms with Crippen molar-refractivity contribution in [3.8, 4) is 0 Å². The molecule has 2 rings (SSSR count). The molecule has 0 bridgehead atoms. The third-order valence-corrected chi connectivity index (χ3v) is 3.49. The second kappa shape index (κ2) is 9.01. The molecule has 1 atom stereocenters. The minimum atomic E-state index is 0. The number of aromatic nitrogens is 3. The molecule has 21 heavy (non-hydrogen) atoms. The summed E-state index contributed by atoms with van der Waals surface area (Å²) in [6.07, 6.45) is 3.96. The standard InChI is InChI=1S/C14H24N6.HI/c1-4-8-16-14(15-5-2)17-9-12-6-7-13-19-18-11(3)20(13)10-12;/h4,12H,1,5-10H2,2-3H3,(H2,15,16,17);1H. The maximum Gasteiger partial charge on any atom is 0.191 e. The molecule has 118 valence electrons. The lowest BCUT2D eigenvalue weighted by atomic mass is 9.99. The fourth-order valence-corrected chi connectivity index (χ4v) is 2.41. The first-order valence-corrected chi connectivity index (χ1v) is 7.26. The molecule has 7 heteroatoms. The molecule has 1 aromatic heterocycles. The van der Waals surface area contributed by atoms with Gasteiger partial charge in [0.25, 0.3) is 0 Å². The predicted molar refractivity (Wildman–Crippen MR) is 96.2 cm³/mol. The molecular formula is C14H25IN6. The molecule has 6 nitrogen and oxygen atoms in total. The highest BCUT2D eigenvalue weighted by molar-refractivity contribution is 14.0. The summed E-state index contributed by atoms with van der Waals surface area (Å²) in [5.41, 5.74) is 0. The first-order valence-electron chi connectivity index (χ1n) is 7.26. The molecular weight excluding hydrogens is 379 g/mol. The summed E-state index contributed by atoms with van der Waals surface area (Å²) in [4.78, 5) is 4.65. The van der Waals surface area contributed by atoms with Gasteiger partial charge in [0.15, 0.2) is 5.96 Å². The Morgan fingerprint density at radius 2 is 2.29 bits per heavy atom. The van der Waals surface area contributed by atoms with Crippen LogP contribution < -0.4 is 10.6 Å². The van der Waals surface area contributed by atoms with Crippen LogP contribution in [0, 0.1) is 12.8 Å². The SMILES string of the molecule is C=CCNC(=NCC1CCc2nnc(C)n2C1)NCC.I. The number of nitrogens with one attached hydrogen (secondary N) is 2. The summed E-state index contributed by atoms with van der Waals surface area (Å²) in [5, 5.41) is 14.8. The minimum absolute atomic E-state index is 0. The molecule has 0 amide bonds. The monoisotopic (exact) mass is 404 g/mol. The van der Waals surface area contributed by atoms with Crippen molar-refractivity contribution in [2.45, 2.75) is 33.2 Å². The Morgan fingerprint density at radius 1 is 1.48 bits per heavy atom. The van der Waals surface area contributed by atoms with Crippen molar-refractivity contribution in [2.75, 3.05) is 19.6 Å². The van der Waals surface area contributed by atoms with Crippen molar-refractivity contribution < 1.29 is 0 Å². The molecule has 2 heterocycles. The van der Waals surface area contributed by atoms with Crippen molar-refractivity contribution in [2.24, 2.45) is 10.9 Å². The summed E-state index contributed by atoms with van der Waals surface area (Å²) in [6.45, 7) is 11.2. The van der Waals surface area contributed by atoms with Gasteiger partial charge in [-0.1, -0.05) is 6.08 Å². The lowest BCUT2D eigenvalue weighted by Crippen LogP contribution is -2.38. The van der Waals surface area contributed by atoms with E-state index in [9.17, 15) is 0 Å². The maximum absolute atomic E-state index is 4.65. The summed E-state index contributed by atoms with van der Waals surface area (Å²) in [5.74, 6) is 3.53. The number of guanidine groups is 1. The first-order chi connectivity index (χ1) is 9.74. The average molecular weight is 404 g/mol. The van der Waals surface area contributed by atoms with Gasteiger partial charge in [-0.3, -0.25) is 4.99 Å². The van der Waals surface area contributed by atoms with E-state index < -0.39 is 0 Å². The van der Waals surface area contributed by atoms with Crippen LogP contribution in [0.2, 0.25) is 0 Å². The molecule has 0 aliphatic carbocycles. The van der Waals surface area contributed by atoms with E-state index in [1.807, 2.05) is 13.0 Å². The number of hydrogen-bond acceptors (Lipinski definition) is 3. The predicted octanol–water partition coefficient (Wildman–Crippen LogP) is 1.51. The number of aliphatic imine (C=N–C) groups is 1. The van der Waals surface area contributed by atoms with Gasteiger partial charge in [0, 0.05) is 32.6 Å². The largest absolute Gasteiger partial charge is 0.357 e. The Hall–Kier alpha value is -1.12. The summed E-state index contributed by atoms with van der Waals surface area (Å²) in [6, 6.07) is 0. The molecule has 0 radical (unpaired) electrons. The fourth-order valence-electron chi connectivity index (χ4n) is 2.41. The Balaban J connectivity index is 0.00000220. The molecule has 1 aliphatic heterocycles. The van der Waals surface area contributed by atoms with Crippen LogP contribution in [0.4, 0.5) is 0 Å². The maximum atomic E-state index is 4.65. The van der Waals surface area contributed by atoms with E-state index in [-0.39, 0.29) is 24.0 Å². The van der Waals surface area contributed by atoms with E-state index in [4.69, 9.17) is 0 Å². The Morgan fingerprint density at radius 3 is 3.00 bits per heavy atom. The molecule has 1 aromatic rings. The molecule has 1 aliphatic rings. The van der Waals surface area contributed by atoms with Crippen molar-refractivity contribution in [3.63, 3.8) is 0 Å². The quantitative estimate of drug-likeness (QED) is 0.338. The number of halogens is 1. The van der Waals surface area contributed by atoms with Gasteiger partial charge in [-0.25, -0.2) is 0 Å². The fraction of sp³-hybridized carbons (Fsp3) is 0.643. The van der Waals surface area contributed by atoms with E-state index in [1.54, 1.807) is 0 Å². The third kappa shape index (κ3) is 4.98. The van der Waals surface area contributed by atoms with Crippen LogP contribution in [0.3, 0.4) is 0 Å². The topological polar surface area (TPSA) is 67.1 Å². The van der Waals surface area contributed by atoms with E-state index in [0.29, 0.717) is 5.92 Å². The minimum Gasteiger partial charge on any atom is -0.357 e. The van der Waals surface area contributed by atoms with E-state index >= 15 is 0 Å². The molecule has 0 fully saturated rings. The zero-order chi connectivity index (χ0) is 14.4. The van der Waals surface area contributed by atoms with Gasteiger partial charge in [0.1, 0.15) is 11.6 Å². The second-order valence-corrected chi connectivity index (χ2v) is 5.07. The van der Waals surface area contributed by atoms with Crippen molar-refractivity contribution in [1.82, 2.24) is 25.4 Å². The highest BCUT2D eigenvalue weighted by atomic mass is 127. The number of rotatable bonds is 5. The molecule has 0 spiro atoms. The number of aryl methyl sites for hydroxylation is 2. The van der Waals surface area contributed by atoms with Gasteiger partial charge < -0.3 is 15.2 Å². The summed E-state index contributed by atoms with van der Waals surface area (Å²) in [7, 11) is 0. The van der Waals surface area contributed by atoms with Gasteiger partial charge in [-0.05, 0) is 26.2 Å². The molecule has 0 saturated carbocycles. The third-order valence-electron chi connectivity index (χ3n) is 3.49. The number of fused-ring (bicyclic) bond motifs is 1. The van der Waals surface area contributed by atoms with Gasteiger partial charge in [-0.2, -0.15) is 0 Å². The van der Waals surface area contributed by atoms with Crippen LogP contribution in [-0.4, -0.2) is 40.4 Å². The van der Waals surface area contributed by atoms with Crippen molar-refractivity contribution in [1.29, 1.82) is 0 Å². The van der Waals surface area contributed by atoms with Gasteiger partial charge >= 0.3 is 0 Å². The van der Waals surface area contributed by atoms with Crippen LogP contribution in [0.1, 0.15) is 25.0 Å². The van der Waals surface area contributed by atoms with Crippen LogP contribution in [0.25, 0.3) is 0 Å². The van der Waals surface area contributed by atoms with Crippen molar-refractivity contribution >= 4 is 29.9 Å². The molecule has 1 unspecified atom stereocenters. The van der Waals surface area contributed by atoms with Crippen LogP contribution in [0.5, 0.6) is 0 Å². The Labute approximate surface area is 143 Å². The van der Waals surface area contributed by atoms with Crippen LogP contribution in [-0.2, 0) is 13.0 Å². The highest BCUT2D eigenvalue weighted by Gasteiger charge is 2.21. The molecule has 2 N–H and O–H groups in total. The van der Waals surface area contributed by atoms with Gasteiger partial charge in [0.05, 0.1) is 0 Å². The highest BCUT2D eigenvalue weighted by Crippen LogP contribution is 2.19. The lowest BCUT2D eigenvalue weighted by molar-refractivity contribution is 0.369. The average Bonchev–Trinajstić information content (AvgIpc) is 2.83. The number of hydrogen-bond donors (Lipinski definition) is 2. The number of nitrogens with zero attached hydrogens (tertiary/aromatic N) is 4. The molecule has 0 saturated heterocycles. The van der Waals surface area contributed by atoms with Crippen LogP contribution >= 0.6 is 24.0 Å². The zero-order valence-electron chi connectivity index (χ0n) is 12.8. The Kier molecular flexibility index (Phi) is 7.69. The van der Waals surface area contributed by atoms with Crippen molar-refractivity contribution in [3.05, 3.63) is 24.3 Å². The van der Waals surface area contributed by atoms with E-state index in [0.717, 1.165) is 56.6 Å². The van der Waals surface area contributed by atoms with Gasteiger partial charge in [0.2, 0.25) is 0 Å². The van der Waals surface area contributed by atoms with Gasteiger partial charge in [-0.15, -0.1) is 40.8 Å². The summed E-state index contributed by atoms with van der Waals surface area (Å²) < 4.78 is 2.22. The lowest BCUT2D eigenvalue weighted by Gasteiger charge is -2.23. The van der Waals surface area contributed by atoms with E-state index in [2.05, 4.69) is 43.9 Å². The molecule has 0 aromatic carbocycles. The Bertz CT molecular complexity index is 482. The smallest absolute Gasteiger partial charge is 0.191 e. The van der Waals surface area contributed by atoms with E-state index in [1.165, 1.54) is 0 Å². The first kappa shape index (κ1) is 17.9. The zero-order valence-corrected chi connectivity index (χ0v) is 15.1. The normalized spacial score (nSPS) is 17.6. The summed E-state index contributed by atoms with van der Waals surface area (Å²) >= 11 is 0.